The van der Waals surface area contributed by atoms with Crippen LogP contribution < -0.4 is 10.5 Å². The summed E-state index contributed by atoms with van der Waals surface area (Å²) in [5.41, 5.74) is -0.136. The van der Waals surface area contributed by atoms with Crippen molar-refractivity contribution in [2.45, 2.75) is 25.4 Å². The summed E-state index contributed by atoms with van der Waals surface area (Å²) in [4.78, 5) is 32.8. The van der Waals surface area contributed by atoms with Gasteiger partial charge in [-0.25, -0.2) is 4.98 Å². The van der Waals surface area contributed by atoms with Gasteiger partial charge < -0.3 is 19.1 Å². The van der Waals surface area contributed by atoms with Gasteiger partial charge in [-0.3, -0.25) is 9.59 Å². The van der Waals surface area contributed by atoms with Gasteiger partial charge in [0.15, 0.2) is 5.82 Å². The fourth-order valence-electron chi connectivity index (χ4n) is 3.44. The average molecular weight is 346 g/mol. The van der Waals surface area contributed by atoms with Crippen molar-refractivity contribution in [3.8, 4) is 0 Å². The first-order valence-corrected chi connectivity index (χ1v) is 8.84. The lowest BCUT2D eigenvalue weighted by molar-refractivity contribution is -0.143. The number of ether oxygens (including phenoxy) is 1. The number of anilines is 1. The molecular weight excluding hydrogens is 320 g/mol. The molecule has 1 aromatic heterocycles. The van der Waals surface area contributed by atoms with E-state index in [4.69, 9.17) is 4.74 Å². The van der Waals surface area contributed by atoms with Gasteiger partial charge in [0.1, 0.15) is 0 Å². The van der Waals surface area contributed by atoms with Crippen LogP contribution in [0.15, 0.2) is 29.3 Å². The smallest absolute Gasteiger partial charge is 0.293 e. The normalized spacial score (nSPS) is 23.5. The van der Waals surface area contributed by atoms with E-state index in [0.717, 1.165) is 19.3 Å². The van der Waals surface area contributed by atoms with E-state index in [0.29, 0.717) is 32.1 Å². The van der Waals surface area contributed by atoms with Gasteiger partial charge >= 0.3 is 0 Å². The van der Waals surface area contributed by atoms with E-state index in [1.165, 1.54) is 4.57 Å². The zero-order chi connectivity index (χ0) is 17.8. The highest BCUT2D eigenvalue weighted by Gasteiger charge is 2.30. The van der Waals surface area contributed by atoms with Crippen molar-refractivity contribution >= 4 is 11.7 Å². The molecule has 0 unspecified atom stereocenters. The monoisotopic (exact) mass is 346 g/mol. The van der Waals surface area contributed by atoms with Crippen molar-refractivity contribution in [2.75, 3.05) is 38.2 Å². The Bertz CT molecular complexity index is 700. The number of hydrogen-bond donors (Lipinski definition) is 0. The summed E-state index contributed by atoms with van der Waals surface area (Å²) in [5, 5.41) is 0. The molecule has 0 spiro atoms. The molecule has 0 aromatic carbocycles. The number of amides is 1. The minimum Gasteiger partial charge on any atom is -0.373 e. The number of aromatic nitrogens is 2. The summed E-state index contributed by atoms with van der Waals surface area (Å²) in [6, 6.07) is 0. The van der Waals surface area contributed by atoms with Gasteiger partial charge in [0, 0.05) is 52.0 Å². The van der Waals surface area contributed by atoms with Crippen molar-refractivity contribution in [3.63, 3.8) is 0 Å². The Morgan fingerprint density at radius 3 is 3.04 bits per heavy atom. The number of likely N-dealkylation sites (N-methyl/N-ethyl adjacent to an activating group) is 1. The number of carbonyl (C=O) groups is 1. The summed E-state index contributed by atoms with van der Waals surface area (Å²) >= 11 is 0. The molecule has 1 aliphatic carbocycles. The Morgan fingerprint density at radius 1 is 1.44 bits per heavy atom. The topological polar surface area (TPSA) is 67.7 Å². The van der Waals surface area contributed by atoms with Crippen molar-refractivity contribution in [1.82, 2.24) is 14.5 Å². The zero-order valence-corrected chi connectivity index (χ0v) is 14.9. The van der Waals surface area contributed by atoms with Crippen molar-refractivity contribution in [2.24, 2.45) is 13.0 Å². The van der Waals surface area contributed by atoms with E-state index in [2.05, 4.69) is 17.1 Å². The van der Waals surface area contributed by atoms with Gasteiger partial charge in [-0.1, -0.05) is 12.2 Å². The van der Waals surface area contributed by atoms with E-state index in [9.17, 15) is 9.59 Å². The number of carbonyl (C=O) groups excluding carboxylic acids is 1. The standard InChI is InChI=1S/C18H26N4O3/c1-20-9-8-19-16(18(20)24)21(2)12-15-13-22(10-11-25-15)17(23)14-6-4-3-5-7-14/h3-4,8-9,14-15H,5-7,10-13H2,1-2H3/t14-,15-/m0/s1. The first-order valence-electron chi connectivity index (χ1n) is 8.84. The number of nitrogens with zero attached hydrogens (tertiary/aromatic N) is 4. The zero-order valence-electron chi connectivity index (χ0n) is 14.9. The minimum absolute atomic E-state index is 0.101. The number of hydrogen-bond acceptors (Lipinski definition) is 5. The third kappa shape index (κ3) is 4.10. The lowest BCUT2D eigenvalue weighted by Crippen LogP contribution is -2.51. The van der Waals surface area contributed by atoms with Gasteiger partial charge in [-0.2, -0.15) is 0 Å². The molecule has 136 valence electrons. The first kappa shape index (κ1) is 17.7. The summed E-state index contributed by atoms with van der Waals surface area (Å²) in [6.07, 6.45) is 10.1. The fourth-order valence-corrected chi connectivity index (χ4v) is 3.44. The molecule has 2 heterocycles. The third-order valence-corrected chi connectivity index (χ3v) is 4.91. The molecule has 2 aliphatic rings. The molecular formula is C18H26N4O3. The number of allylic oxidation sites excluding steroid dienone is 2. The molecule has 25 heavy (non-hydrogen) atoms. The third-order valence-electron chi connectivity index (χ3n) is 4.91. The Labute approximate surface area is 147 Å². The maximum Gasteiger partial charge on any atom is 0.293 e. The lowest BCUT2D eigenvalue weighted by Gasteiger charge is -2.36. The predicted octanol–water partition coefficient (Wildman–Crippen LogP) is 0.800. The summed E-state index contributed by atoms with van der Waals surface area (Å²) < 4.78 is 7.33. The molecule has 0 N–H and O–H groups in total. The quantitative estimate of drug-likeness (QED) is 0.755. The first-order chi connectivity index (χ1) is 12.1. The Kier molecular flexibility index (Phi) is 5.53. The highest BCUT2D eigenvalue weighted by atomic mass is 16.5. The van der Waals surface area contributed by atoms with Crippen LogP contribution in [0.5, 0.6) is 0 Å². The van der Waals surface area contributed by atoms with Crippen LogP contribution in [0, 0.1) is 5.92 Å². The highest BCUT2D eigenvalue weighted by Crippen LogP contribution is 2.22. The van der Waals surface area contributed by atoms with Crippen LogP contribution in [-0.4, -0.2) is 59.8 Å². The van der Waals surface area contributed by atoms with Crippen molar-refractivity contribution < 1.29 is 9.53 Å². The van der Waals surface area contributed by atoms with E-state index in [-0.39, 0.29) is 23.5 Å². The van der Waals surface area contributed by atoms with E-state index in [1.54, 1.807) is 19.4 Å². The van der Waals surface area contributed by atoms with Crippen LogP contribution >= 0.6 is 0 Å². The molecule has 1 amide bonds. The van der Waals surface area contributed by atoms with E-state index in [1.807, 2.05) is 16.8 Å². The summed E-state index contributed by atoms with van der Waals surface area (Å²) in [5.74, 6) is 0.730. The van der Waals surface area contributed by atoms with Gasteiger partial charge in [-0.15, -0.1) is 0 Å². The number of aryl methyl sites for hydroxylation is 1. The molecule has 0 radical (unpaired) electrons. The number of rotatable bonds is 4. The molecule has 7 heteroatoms. The Hall–Kier alpha value is -2.15. The molecule has 1 saturated heterocycles. The van der Waals surface area contributed by atoms with Crippen LogP contribution in [-0.2, 0) is 16.6 Å². The molecule has 3 rings (SSSR count). The van der Waals surface area contributed by atoms with E-state index >= 15 is 0 Å². The summed E-state index contributed by atoms with van der Waals surface area (Å²) in [6.45, 7) is 2.27. The molecule has 1 aromatic rings. The van der Waals surface area contributed by atoms with Crippen LogP contribution in [0.4, 0.5) is 5.82 Å². The van der Waals surface area contributed by atoms with Crippen LogP contribution in [0.2, 0.25) is 0 Å². The van der Waals surface area contributed by atoms with Crippen molar-refractivity contribution in [3.05, 3.63) is 34.9 Å². The van der Waals surface area contributed by atoms with Crippen LogP contribution in [0.25, 0.3) is 0 Å². The second-order valence-corrected chi connectivity index (χ2v) is 6.81. The van der Waals surface area contributed by atoms with Crippen molar-refractivity contribution in [1.29, 1.82) is 0 Å². The highest BCUT2D eigenvalue weighted by molar-refractivity contribution is 5.79. The van der Waals surface area contributed by atoms with Crippen LogP contribution in [0.3, 0.4) is 0 Å². The molecule has 0 bridgehead atoms. The average Bonchev–Trinajstić information content (AvgIpc) is 2.64. The van der Waals surface area contributed by atoms with Gasteiger partial charge in [0.05, 0.1) is 12.7 Å². The molecule has 7 nitrogen and oxygen atoms in total. The maximum absolute atomic E-state index is 12.7. The van der Waals surface area contributed by atoms with Crippen LogP contribution in [0.1, 0.15) is 19.3 Å². The largest absolute Gasteiger partial charge is 0.373 e. The predicted molar refractivity (Wildman–Crippen MR) is 95.5 cm³/mol. The molecule has 2 atom stereocenters. The van der Waals surface area contributed by atoms with Gasteiger partial charge in [0.2, 0.25) is 5.91 Å². The molecule has 1 fully saturated rings. The molecule has 1 aliphatic heterocycles. The Balaban J connectivity index is 1.61. The second-order valence-electron chi connectivity index (χ2n) is 6.81. The second kappa shape index (κ2) is 7.82. The van der Waals surface area contributed by atoms with Gasteiger partial charge in [0.25, 0.3) is 5.56 Å². The number of morpholine rings is 1. The Morgan fingerprint density at radius 2 is 2.28 bits per heavy atom. The van der Waals surface area contributed by atoms with E-state index < -0.39 is 0 Å². The molecule has 0 saturated carbocycles. The minimum atomic E-state index is -0.136. The van der Waals surface area contributed by atoms with Gasteiger partial charge in [-0.05, 0) is 19.3 Å². The SMILES string of the molecule is CN(C[C@H]1CN(C(=O)[C@H]2CC=CCC2)CCO1)c1nccn(C)c1=O. The fraction of sp³-hybridized carbons (Fsp3) is 0.611. The maximum atomic E-state index is 12.7. The lowest BCUT2D eigenvalue weighted by atomic mass is 9.93. The summed E-state index contributed by atoms with van der Waals surface area (Å²) in [7, 11) is 3.54.